The Hall–Kier alpha value is -1.77. The van der Waals surface area contributed by atoms with Crippen LogP contribution in [0.25, 0.3) is 10.9 Å². The summed E-state index contributed by atoms with van der Waals surface area (Å²) in [5, 5.41) is 13.0. The van der Waals surface area contributed by atoms with Crippen molar-refractivity contribution < 1.29 is 0 Å². The number of para-hydroxylation sites is 1. The molecule has 2 aromatic rings. The van der Waals surface area contributed by atoms with Crippen LogP contribution in [0.4, 0.5) is 5.69 Å². The molecule has 0 atom stereocenters. The van der Waals surface area contributed by atoms with Crippen molar-refractivity contribution in [3.8, 4) is 6.19 Å². The van der Waals surface area contributed by atoms with E-state index in [1.165, 1.54) is 11.8 Å². The first-order chi connectivity index (χ1) is 8.74. The van der Waals surface area contributed by atoms with E-state index in [9.17, 15) is 0 Å². The molecule has 0 aliphatic carbocycles. The van der Waals surface area contributed by atoms with Crippen LogP contribution in [-0.2, 0) is 0 Å². The van der Waals surface area contributed by atoms with Crippen LogP contribution in [0.5, 0.6) is 0 Å². The van der Waals surface area contributed by atoms with E-state index in [1.807, 2.05) is 36.7 Å². The average molecular weight is 277 g/mol. The van der Waals surface area contributed by atoms with Gasteiger partial charge in [-0.1, -0.05) is 35.5 Å². The SMILES string of the molecule is CSC(=Nc1cccc2ccc(Cl)nc12)NC#N. The Bertz CT molecular complexity index is 648. The van der Waals surface area contributed by atoms with Gasteiger partial charge in [0.2, 0.25) is 0 Å². The standard InChI is InChI=1S/C12H9ClN4S/c1-18-12(15-7-14)16-9-4-2-3-8-5-6-10(13)17-11(8)9/h2-6H,1H3,(H,15,16). The van der Waals surface area contributed by atoms with Crippen molar-refractivity contribution in [2.45, 2.75) is 0 Å². The van der Waals surface area contributed by atoms with Gasteiger partial charge in [0.15, 0.2) is 11.4 Å². The van der Waals surface area contributed by atoms with Gasteiger partial charge in [0.05, 0.1) is 11.2 Å². The third-order valence-corrected chi connectivity index (χ3v) is 3.03. The van der Waals surface area contributed by atoms with Gasteiger partial charge in [0.1, 0.15) is 5.15 Å². The highest BCUT2D eigenvalue weighted by molar-refractivity contribution is 8.13. The van der Waals surface area contributed by atoms with Crippen LogP contribution in [0.3, 0.4) is 0 Å². The van der Waals surface area contributed by atoms with E-state index in [1.54, 1.807) is 6.07 Å². The third kappa shape index (κ3) is 2.73. The van der Waals surface area contributed by atoms with Crippen LogP contribution in [0.15, 0.2) is 35.3 Å². The molecule has 1 heterocycles. The molecule has 2 rings (SSSR count). The predicted octanol–water partition coefficient (Wildman–Crippen LogP) is 3.31. The number of hydrogen-bond donors (Lipinski definition) is 1. The van der Waals surface area contributed by atoms with Gasteiger partial charge in [0.25, 0.3) is 0 Å². The molecule has 4 nitrogen and oxygen atoms in total. The normalized spacial score (nSPS) is 11.3. The fourth-order valence-electron chi connectivity index (χ4n) is 1.48. The maximum atomic E-state index is 8.61. The lowest BCUT2D eigenvalue weighted by Gasteiger charge is -2.03. The van der Waals surface area contributed by atoms with E-state index in [4.69, 9.17) is 16.9 Å². The molecular formula is C12H9ClN4S. The van der Waals surface area contributed by atoms with Crippen LogP contribution in [-0.4, -0.2) is 16.4 Å². The largest absolute Gasteiger partial charge is 0.271 e. The number of fused-ring (bicyclic) bond motifs is 1. The fourth-order valence-corrected chi connectivity index (χ4v) is 1.96. The summed E-state index contributed by atoms with van der Waals surface area (Å²) < 4.78 is 0. The fraction of sp³-hybridized carbons (Fsp3) is 0.0833. The first kappa shape index (κ1) is 12.7. The molecule has 0 aliphatic heterocycles. The van der Waals surface area contributed by atoms with Gasteiger partial charge in [-0.15, -0.1) is 0 Å². The number of amidine groups is 1. The Labute approximate surface area is 114 Å². The zero-order valence-electron chi connectivity index (χ0n) is 9.51. The maximum Gasteiger partial charge on any atom is 0.183 e. The number of nitriles is 1. The molecule has 6 heteroatoms. The molecule has 1 N–H and O–H groups in total. The van der Waals surface area contributed by atoms with Gasteiger partial charge in [0, 0.05) is 5.39 Å². The minimum absolute atomic E-state index is 0.420. The molecule has 1 aromatic carbocycles. The van der Waals surface area contributed by atoms with Gasteiger partial charge >= 0.3 is 0 Å². The highest BCUT2D eigenvalue weighted by Crippen LogP contribution is 2.26. The van der Waals surface area contributed by atoms with Crippen LogP contribution in [0.2, 0.25) is 5.15 Å². The minimum Gasteiger partial charge on any atom is -0.271 e. The first-order valence-corrected chi connectivity index (χ1v) is 6.68. The Kier molecular flexibility index (Phi) is 4.03. The molecule has 0 aliphatic rings. The summed E-state index contributed by atoms with van der Waals surface area (Å²) >= 11 is 7.25. The van der Waals surface area contributed by atoms with Gasteiger partial charge in [-0.3, -0.25) is 5.32 Å². The lowest BCUT2D eigenvalue weighted by Crippen LogP contribution is -2.12. The summed E-state index contributed by atoms with van der Waals surface area (Å²) in [7, 11) is 0. The molecule has 0 radical (unpaired) electrons. The van der Waals surface area contributed by atoms with Crippen molar-refractivity contribution in [2.24, 2.45) is 4.99 Å². The van der Waals surface area contributed by atoms with E-state index in [0.717, 1.165) is 10.9 Å². The molecule has 1 aromatic heterocycles. The van der Waals surface area contributed by atoms with Crippen molar-refractivity contribution >= 4 is 45.1 Å². The highest BCUT2D eigenvalue weighted by Gasteiger charge is 2.04. The summed E-state index contributed by atoms with van der Waals surface area (Å²) in [4.78, 5) is 8.62. The molecule has 0 saturated heterocycles. The summed E-state index contributed by atoms with van der Waals surface area (Å²) in [6.45, 7) is 0. The summed E-state index contributed by atoms with van der Waals surface area (Å²) in [6, 6.07) is 9.29. The number of halogens is 1. The smallest absolute Gasteiger partial charge is 0.183 e. The number of rotatable bonds is 1. The third-order valence-electron chi connectivity index (χ3n) is 2.24. The van der Waals surface area contributed by atoms with Crippen molar-refractivity contribution in [2.75, 3.05) is 6.26 Å². The molecule has 0 fully saturated rings. The highest BCUT2D eigenvalue weighted by atomic mass is 35.5. The molecule has 18 heavy (non-hydrogen) atoms. The Morgan fingerprint density at radius 1 is 1.44 bits per heavy atom. The maximum absolute atomic E-state index is 8.61. The van der Waals surface area contributed by atoms with Crippen molar-refractivity contribution in [1.82, 2.24) is 10.3 Å². The quantitative estimate of drug-likeness (QED) is 0.285. The number of benzene rings is 1. The molecule has 0 spiro atoms. The lowest BCUT2D eigenvalue weighted by molar-refractivity contribution is 1.28. The second-order valence-corrected chi connectivity index (χ2v) is 4.52. The number of aromatic nitrogens is 1. The van der Waals surface area contributed by atoms with Crippen molar-refractivity contribution in [1.29, 1.82) is 5.26 Å². The molecule has 90 valence electrons. The Morgan fingerprint density at radius 2 is 2.28 bits per heavy atom. The summed E-state index contributed by atoms with van der Waals surface area (Å²) in [5.41, 5.74) is 1.40. The second kappa shape index (κ2) is 5.71. The van der Waals surface area contributed by atoms with Crippen LogP contribution in [0.1, 0.15) is 0 Å². The zero-order valence-corrected chi connectivity index (χ0v) is 11.1. The molecular weight excluding hydrogens is 268 g/mol. The number of thioether (sulfide) groups is 1. The second-order valence-electron chi connectivity index (χ2n) is 3.34. The molecule has 0 unspecified atom stereocenters. The molecule has 0 bridgehead atoms. The number of aliphatic imine (C=N–C) groups is 1. The van der Waals surface area contributed by atoms with Crippen LogP contribution in [0, 0.1) is 11.5 Å². The number of hydrogen-bond acceptors (Lipinski definition) is 4. The number of nitrogens with one attached hydrogen (secondary N) is 1. The van der Waals surface area contributed by atoms with Gasteiger partial charge in [-0.2, -0.15) is 5.26 Å². The number of pyridine rings is 1. The van der Waals surface area contributed by atoms with E-state index in [2.05, 4.69) is 15.3 Å². The topological polar surface area (TPSA) is 61.1 Å². The van der Waals surface area contributed by atoms with Gasteiger partial charge in [-0.25, -0.2) is 9.98 Å². The van der Waals surface area contributed by atoms with E-state index in [0.29, 0.717) is 16.0 Å². The minimum atomic E-state index is 0.420. The molecule has 0 saturated carbocycles. The Morgan fingerprint density at radius 3 is 3.00 bits per heavy atom. The summed E-state index contributed by atoms with van der Waals surface area (Å²) in [6.07, 6.45) is 3.69. The average Bonchev–Trinajstić information content (AvgIpc) is 2.38. The van der Waals surface area contributed by atoms with Crippen LogP contribution < -0.4 is 5.32 Å². The van der Waals surface area contributed by atoms with E-state index < -0.39 is 0 Å². The number of nitrogens with zero attached hydrogens (tertiary/aromatic N) is 3. The zero-order chi connectivity index (χ0) is 13.0. The van der Waals surface area contributed by atoms with Gasteiger partial charge in [-0.05, 0) is 24.5 Å². The van der Waals surface area contributed by atoms with E-state index >= 15 is 0 Å². The van der Waals surface area contributed by atoms with Gasteiger partial charge < -0.3 is 0 Å². The lowest BCUT2D eigenvalue weighted by atomic mass is 10.2. The van der Waals surface area contributed by atoms with Crippen molar-refractivity contribution in [3.63, 3.8) is 0 Å². The molecule has 0 amide bonds. The predicted molar refractivity (Wildman–Crippen MR) is 76.1 cm³/mol. The van der Waals surface area contributed by atoms with Crippen LogP contribution >= 0.6 is 23.4 Å². The summed E-state index contributed by atoms with van der Waals surface area (Å²) in [5.74, 6) is 0. The van der Waals surface area contributed by atoms with E-state index in [-0.39, 0.29) is 0 Å². The van der Waals surface area contributed by atoms with Crippen molar-refractivity contribution in [3.05, 3.63) is 35.5 Å². The Balaban J connectivity index is 2.57. The first-order valence-electron chi connectivity index (χ1n) is 5.07. The monoisotopic (exact) mass is 276 g/mol.